The lowest BCUT2D eigenvalue weighted by Crippen LogP contribution is -2.07. The molecule has 2 rings (SSSR count). The average molecular weight is 247 g/mol. The molecule has 96 valence electrons. The second kappa shape index (κ2) is 4.83. The first-order valence-corrected chi connectivity index (χ1v) is 6.05. The van der Waals surface area contributed by atoms with Crippen molar-refractivity contribution < 1.29 is 14.3 Å². The van der Waals surface area contributed by atoms with Crippen LogP contribution in [0.1, 0.15) is 30.9 Å². The third-order valence-electron chi connectivity index (χ3n) is 3.47. The third kappa shape index (κ3) is 2.00. The van der Waals surface area contributed by atoms with Crippen LogP contribution in [0.15, 0.2) is 17.1 Å². The van der Waals surface area contributed by atoms with Crippen molar-refractivity contribution in [1.82, 2.24) is 0 Å². The lowest BCUT2D eigenvalue weighted by Gasteiger charge is -2.17. The summed E-state index contributed by atoms with van der Waals surface area (Å²) in [6.07, 6.45) is 4.24. The van der Waals surface area contributed by atoms with E-state index in [1.54, 1.807) is 20.3 Å². The summed E-state index contributed by atoms with van der Waals surface area (Å²) in [6.45, 7) is 2.06. The molecule has 0 bridgehead atoms. The number of ether oxygens (including phenoxy) is 2. The number of isocyanates is 1. The molecule has 0 aromatic heterocycles. The quantitative estimate of drug-likeness (QED) is 0.593. The van der Waals surface area contributed by atoms with Crippen LogP contribution in [0.2, 0.25) is 0 Å². The highest BCUT2D eigenvalue weighted by Gasteiger charge is 2.47. The van der Waals surface area contributed by atoms with Crippen molar-refractivity contribution in [2.24, 2.45) is 4.99 Å². The van der Waals surface area contributed by atoms with Gasteiger partial charge in [-0.25, -0.2) is 4.79 Å². The summed E-state index contributed by atoms with van der Waals surface area (Å²) in [5.41, 5.74) is 1.57. The maximum atomic E-state index is 10.5. The van der Waals surface area contributed by atoms with E-state index in [0.29, 0.717) is 0 Å². The van der Waals surface area contributed by atoms with E-state index in [0.717, 1.165) is 41.9 Å². The van der Waals surface area contributed by atoms with Crippen molar-refractivity contribution in [1.29, 1.82) is 0 Å². The van der Waals surface area contributed by atoms with E-state index in [1.807, 2.05) is 12.1 Å². The molecular formula is C14H17NO3. The van der Waals surface area contributed by atoms with Crippen LogP contribution in [0, 0.1) is 0 Å². The molecular weight excluding hydrogens is 230 g/mol. The first-order valence-electron chi connectivity index (χ1n) is 6.05. The van der Waals surface area contributed by atoms with Gasteiger partial charge in [-0.3, -0.25) is 0 Å². The molecule has 0 radical (unpaired) electrons. The Morgan fingerprint density at radius 3 is 2.39 bits per heavy atom. The highest BCUT2D eigenvalue weighted by atomic mass is 16.5. The number of hydrogen-bond donors (Lipinski definition) is 0. The van der Waals surface area contributed by atoms with E-state index in [4.69, 9.17) is 9.47 Å². The molecule has 1 aromatic rings. The zero-order chi connectivity index (χ0) is 13.2. The maximum Gasteiger partial charge on any atom is 0.235 e. The fraction of sp³-hybridized carbons (Fsp3) is 0.500. The number of aryl methyl sites for hydroxylation is 1. The molecule has 0 saturated heterocycles. The number of benzene rings is 1. The summed E-state index contributed by atoms with van der Waals surface area (Å²) in [5, 5.41) is 0. The molecule has 0 amide bonds. The Morgan fingerprint density at radius 1 is 1.28 bits per heavy atom. The summed E-state index contributed by atoms with van der Waals surface area (Å²) in [4.78, 5) is 14.5. The van der Waals surface area contributed by atoms with Crippen LogP contribution in [0.25, 0.3) is 0 Å². The van der Waals surface area contributed by atoms with Crippen LogP contribution >= 0.6 is 0 Å². The van der Waals surface area contributed by atoms with Crippen molar-refractivity contribution >= 4 is 6.08 Å². The van der Waals surface area contributed by atoms with Crippen molar-refractivity contribution in [3.8, 4) is 11.5 Å². The molecule has 1 fully saturated rings. The molecule has 0 aliphatic heterocycles. The number of carbonyl (C=O) groups excluding carboxylic acids is 1. The standard InChI is InChI=1S/C14H17NO3/c1-4-10-7-13(18-3)11(8-12(10)17-2)14(5-6-14)15-9-16/h7-8H,4-6H2,1-3H3. The fourth-order valence-corrected chi connectivity index (χ4v) is 2.25. The second-order valence-corrected chi connectivity index (χ2v) is 4.45. The molecule has 1 aliphatic carbocycles. The van der Waals surface area contributed by atoms with E-state index in [-0.39, 0.29) is 0 Å². The van der Waals surface area contributed by atoms with Gasteiger partial charge in [-0.2, -0.15) is 4.99 Å². The van der Waals surface area contributed by atoms with Gasteiger partial charge in [0.05, 0.1) is 14.2 Å². The molecule has 1 aliphatic rings. The lowest BCUT2D eigenvalue weighted by atomic mass is 10.00. The Labute approximate surface area is 107 Å². The Morgan fingerprint density at radius 2 is 1.94 bits per heavy atom. The van der Waals surface area contributed by atoms with Crippen molar-refractivity contribution in [2.75, 3.05) is 14.2 Å². The molecule has 1 saturated carbocycles. The maximum absolute atomic E-state index is 10.5. The van der Waals surface area contributed by atoms with Gasteiger partial charge >= 0.3 is 0 Å². The smallest absolute Gasteiger partial charge is 0.235 e. The molecule has 4 nitrogen and oxygen atoms in total. The highest BCUT2D eigenvalue weighted by Crippen LogP contribution is 2.53. The normalized spacial score (nSPS) is 15.7. The summed E-state index contributed by atoms with van der Waals surface area (Å²) in [6, 6.07) is 3.90. The van der Waals surface area contributed by atoms with Crippen LogP contribution < -0.4 is 9.47 Å². The second-order valence-electron chi connectivity index (χ2n) is 4.45. The molecule has 4 heteroatoms. The molecule has 0 unspecified atom stereocenters. The van der Waals surface area contributed by atoms with Crippen molar-refractivity contribution in [3.63, 3.8) is 0 Å². The number of rotatable bonds is 5. The Kier molecular flexibility index (Phi) is 3.39. The first kappa shape index (κ1) is 12.7. The number of methoxy groups -OCH3 is 2. The first-order chi connectivity index (χ1) is 8.70. The minimum atomic E-state index is -0.438. The number of aliphatic imine (C=N–C) groups is 1. The van der Waals surface area contributed by atoms with Gasteiger partial charge < -0.3 is 9.47 Å². The van der Waals surface area contributed by atoms with Crippen molar-refractivity contribution in [3.05, 3.63) is 23.3 Å². The predicted molar refractivity (Wildman–Crippen MR) is 68.0 cm³/mol. The molecule has 0 N–H and O–H groups in total. The topological polar surface area (TPSA) is 47.9 Å². The Balaban J connectivity index is 2.56. The van der Waals surface area contributed by atoms with E-state index in [9.17, 15) is 4.79 Å². The monoisotopic (exact) mass is 247 g/mol. The van der Waals surface area contributed by atoms with Gasteiger partial charge in [0.25, 0.3) is 0 Å². The molecule has 0 atom stereocenters. The van der Waals surface area contributed by atoms with Crippen LogP contribution in [0.3, 0.4) is 0 Å². The van der Waals surface area contributed by atoms with Crippen molar-refractivity contribution in [2.45, 2.75) is 31.7 Å². The molecule has 1 aromatic carbocycles. The molecule has 18 heavy (non-hydrogen) atoms. The number of nitrogens with zero attached hydrogens (tertiary/aromatic N) is 1. The Bertz CT molecular complexity index is 500. The van der Waals surface area contributed by atoms with E-state index < -0.39 is 5.54 Å². The lowest BCUT2D eigenvalue weighted by molar-refractivity contribution is 0.391. The van der Waals surface area contributed by atoms with Gasteiger partial charge in [0.2, 0.25) is 6.08 Å². The minimum Gasteiger partial charge on any atom is -0.496 e. The van der Waals surface area contributed by atoms with E-state index in [2.05, 4.69) is 11.9 Å². The predicted octanol–water partition coefficient (Wildman–Crippen LogP) is 2.59. The Hall–Kier alpha value is -1.80. The van der Waals surface area contributed by atoms with Crippen LogP contribution in [-0.4, -0.2) is 20.3 Å². The summed E-state index contributed by atoms with van der Waals surface area (Å²) in [7, 11) is 3.28. The SMILES string of the molecule is CCc1cc(OC)c(C2(N=C=O)CC2)cc1OC. The summed E-state index contributed by atoms with van der Waals surface area (Å²) >= 11 is 0. The highest BCUT2D eigenvalue weighted by molar-refractivity contribution is 5.53. The van der Waals surface area contributed by atoms with Gasteiger partial charge in [-0.1, -0.05) is 6.92 Å². The third-order valence-corrected chi connectivity index (χ3v) is 3.47. The fourth-order valence-electron chi connectivity index (χ4n) is 2.25. The zero-order valence-corrected chi connectivity index (χ0v) is 10.9. The van der Waals surface area contributed by atoms with Gasteiger partial charge in [0, 0.05) is 5.56 Å². The largest absolute Gasteiger partial charge is 0.496 e. The summed E-state index contributed by atoms with van der Waals surface area (Å²) < 4.78 is 10.8. The minimum absolute atomic E-state index is 0.438. The average Bonchev–Trinajstić information content (AvgIpc) is 3.18. The molecule has 0 spiro atoms. The molecule has 0 heterocycles. The van der Waals surface area contributed by atoms with Gasteiger partial charge in [0.15, 0.2) is 0 Å². The van der Waals surface area contributed by atoms with Crippen LogP contribution in [0.4, 0.5) is 0 Å². The van der Waals surface area contributed by atoms with Crippen LogP contribution in [0.5, 0.6) is 11.5 Å². The van der Waals surface area contributed by atoms with E-state index in [1.165, 1.54) is 0 Å². The van der Waals surface area contributed by atoms with Gasteiger partial charge in [0.1, 0.15) is 17.0 Å². The van der Waals surface area contributed by atoms with E-state index >= 15 is 0 Å². The van der Waals surface area contributed by atoms with Gasteiger partial charge in [-0.15, -0.1) is 0 Å². The zero-order valence-electron chi connectivity index (χ0n) is 10.9. The van der Waals surface area contributed by atoms with Crippen LogP contribution in [-0.2, 0) is 16.8 Å². The number of hydrogen-bond acceptors (Lipinski definition) is 4. The summed E-state index contributed by atoms with van der Waals surface area (Å²) in [5.74, 6) is 1.59. The van der Waals surface area contributed by atoms with Gasteiger partial charge in [-0.05, 0) is 37.0 Å².